The molecule has 4 aromatic rings. The molecule has 0 aliphatic rings. The maximum absolute atomic E-state index is 12.6. The number of carbonyl (C=O) groups is 2. The molecule has 2 aromatic carbocycles. The van der Waals surface area contributed by atoms with Crippen LogP contribution >= 0.6 is 22.9 Å². The Balaban J connectivity index is 1.39. The first kappa shape index (κ1) is 19.2. The Morgan fingerprint density at radius 2 is 1.97 bits per heavy atom. The van der Waals surface area contributed by atoms with Crippen LogP contribution in [0.15, 0.2) is 67.0 Å². The lowest BCUT2D eigenvalue weighted by Gasteiger charge is -2.09. The monoisotopic (exact) mass is 424 g/mol. The molecule has 2 amide bonds. The molecular weight excluding hydrogens is 408 g/mol. The number of aromatic nitrogens is 2. The third-order valence-corrected chi connectivity index (χ3v) is 5.94. The van der Waals surface area contributed by atoms with E-state index in [-0.39, 0.29) is 18.4 Å². The fourth-order valence-electron chi connectivity index (χ4n) is 2.92. The lowest BCUT2D eigenvalue weighted by molar-refractivity contribution is -0.116. The predicted molar refractivity (Wildman–Crippen MR) is 115 cm³/mol. The predicted octanol–water partition coefficient (Wildman–Crippen LogP) is 4.32. The first-order valence-electron chi connectivity index (χ1n) is 8.91. The summed E-state index contributed by atoms with van der Waals surface area (Å²) in [5, 5.41) is 11.1. The highest BCUT2D eigenvalue weighted by Gasteiger charge is 2.16. The lowest BCUT2D eigenvalue weighted by Crippen LogP contribution is -2.22. The average Bonchev–Trinajstić information content (AvgIpc) is 3.34. The first-order valence-corrected chi connectivity index (χ1v) is 10.1. The highest BCUT2D eigenvalue weighted by Crippen LogP contribution is 2.35. The molecule has 0 aliphatic heterocycles. The molecule has 2 N–H and O–H groups in total. The summed E-state index contributed by atoms with van der Waals surface area (Å²) in [7, 11) is 0. The minimum Gasteiger partial charge on any atom is -0.347 e. The fraction of sp³-hybridized carbons (Fsp3) is 0.0952. The van der Waals surface area contributed by atoms with Gasteiger partial charge in [0.2, 0.25) is 5.91 Å². The van der Waals surface area contributed by atoms with E-state index in [1.807, 2.05) is 42.5 Å². The Morgan fingerprint density at radius 1 is 1.10 bits per heavy atom. The summed E-state index contributed by atoms with van der Waals surface area (Å²) >= 11 is 7.74. The normalized spacial score (nSPS) is 10.8. The molecule has 0 unspecified atom stereocenters. The van der Waals surface area contributed by atoms with Crippen molar-refractivity contribution in [2.24, 2.45) is 0 Å². The van der Waals surface area contributed by atoms with Crippen molar-refractivity contribution in [2.45, 2.75) is 13.1 Å². The largest absolute Gasteiger partial charge is 0.347 e. The summed E-state index contributed by atoms with van der Waals surface area (Å²) in [6.45, 7) is 0.463. The topological polar surface area (TPSA) is 76.0 Å². The van der Waals surface area contributed by atoms with E-state index in [4.69, 9.17) is 11.6 Å². The summed E-state index contributed by atoms with van der Waals surface area (Å²) in [4.78, 5) is 25.2. The second-order valence-electron chi connectivity index (χ2n) is 6.38. The number of halogens is 1. The fourth-order valence-corrected chi connectivity index (χ4v) is 4.36. The summed E-state index contributed by atoms with van der Waals surface area (Å²) in [6.07, 6.45) is 3.35. The molecule has 0 aliphatic carbocycles. The van der Waals surface area contributed by atoms with Crippen LogP contribution in [-0.2, 0) is 17.9 Å². The summed E-state index contributed by atoms with van der Waals surface area (Å²) in [5.41, 5.74) is 1.53. The number of benzene rings is 2. The van der Waals surface area contributed by atoms with Gasteiger partial charge in [0.15, 0.2) is 0 Å². The van der Waals surface area contributed by atoms with Crippen LogP contribution in [0.3, 0.4) is 0 Å². The van der Waals surface area contributed by atoms with Crippen LogP contribution in [0.2, 0.25) is 5.02 Å². The van der Waals surface area contributed by atoms with E-state index in [9.17, 15) is 9.59 Å². The molecule has 0 saturated carbocycles. The van der Waals surface area contributed by atoms with Crippen molar-refractivity contribution in [3.63, 3.8) is 0 Å². The second-order valence-corrected chi connectivity index (χ2v) is 7.81. The first-order chi connectivity index (χ1) is 14.1. The molecule has 146 valence electrons. The Labute approximate surface area is 176 Å². The Bertz CT molecular complexity index is 1170. The molecule has 0 atom stereocenters. The van der Waals surface area contributed by atoms with Gasteiger partial charge >= 0.3 is 0 Å². The zero-order chi connectivity index (χ0) is 20.2. The SMILES string of the molecule is O=C(Cn1cccn1)Nc1cccc(CNC(=O)c2sc3ccccc3c2Cl)c1. The summed E-state index contributed by atoms with van der Waals surface area (Å²) in [5.74, 6) is -0.392. The molecule has 6 nitrogen and oxygen atoms in total. The summed E-state index contributed by atoms with van der Waals surface area (Å²) < 4.78 is 2.53. The van der Waals surface area contributed by atoms with Crippen molar-refractivity contribution in [3.05, 3.63) is 82.5 Å². The van der Waals surface area contributed by atoms with E-state index in [2.05, 4.69) is 15.7 Å². The number of nitrogens with zero attached hydrogens (tertiary/aromatic N) is 2. The lowest BCUT2D eigenvalue weighted by atomic mass is 10.2. The van der Waals surface area contributed by atoms with Crippen molar-refractivity contribution < 1.29 is 9.59 Å². The number of rotatable bonds is 6. The Morgan fingerprint density at radius 3 is 2.76 bits per heavy atom. The number of anilines is 1. The van der Waals surface area contributed by atoms with Crippen LogP contribution in [0.25, 0.3) is 10.1 Å². The third kappa shape index (κ3) is 4.47. The molecule has 29 heavy (non-hydrogen) atoms. The van der Waals surface area contributed by atoms with Crippen LogP contribution in [0, 0.1) is 0 Å². The number of nitrogens with one attached hydrogen (secondary N) is 2. The number of thiophene rings is 1. The van der Waals surface area contributed by atoms with Gasteiger partial charge < -0.3 is 10.6 Å². The molecule has 0 fully saturated rings. The van der Waals surface area contributed by atoms with Crippen LogP contribution in [0.5, 0.6) is 0 Å². The number of carbonyl (C=O) groups excluding carboxylic acids is 2. The van der Waals surface area contributed by atoms with Crippen LogP contribution in [0.4, 0.5) is 5.69 Å². The number of hydrogen-bond acceptors (Lipinski definition) is 4. The average molecular weight is 425 g/mol. The molecule has 0 saturated heterocycles. The van der Waals surface area contributed by atoms with E-state index in [0.717, 1.165) is 15.6 Å². The molecule has 8 heteroatoms. The Hall–Kier alpha value is -3.16. The summed E-state index contributed by atoms with van der Waals surface area (Å²) in [6, 6.07) is 16.8. The standard InChI is InChI=1S/C21H17ClN4O2S/c22-19-16-7-1-2-8-17(16)29-20(19)21(28)23-12-14-5-3-6-15(11-14)25-18(27)13-26-10-4-9-24-26/h1-11H,12-13H2,(H,23,28)(H,25,27). The number of hydrogen-bond donors (Lipinski definition) is 2. The van der Waals surface area contributed by atoms with Crippen molar-refractivity contribution in [3.8, 4) is 0 Å². The molecule has 0 spiro atoms. The van der Waals surface area contributed by atoms with E-state index in [0.29, 0.717) is 22.1 Å². The number of fused-ring (bicyclic) bond motifs is 1. The molecule has 4 rings (SSSR count). The van der Waals surface area contributed by atoms with Gasteiger partial charge in [-0.05, 0) is 29.8 Å². The molecule has 2 aromatic heterocycles. The molecule has 0 radical (unpaired) electrons. The molecule has 2 heterocycles. The highest BCUT2D eigenvalue weighted by molar-refractivity contribution is 7.21. The maximum atomic E-state index is 12.6. The van der Waals surface area contributed by atoms with Gasteiger partial charge in [0, 0.05) is 34.7 Å². The Kier molecular flexibility index (Phi) is 5.59. The zero-order valence-electron chi connectivity index (χ0n) is 15.3. The van der Waals surface area contributed by atoms with Crippen molar-refractivity contribution in [2.75, 3.05) is 5.32 Å². The van der Waals surface area contributed by atoms with E-state index in [1.165, 1.54) is 11.3 Å². The van der Waals surface area contributed by atoms with Gasteiger partial charge in [0.1, 0.15) is 11.4 Å². The smallest absolute Gasteiger partial charge is 0.263 e. The minimum absolute atomic E-state index is 0.137. The van der Waals surface area contributed by atoms with Crippen LogP contribution in [0.1, 0.15) is 15.2 Å². The van der Waals surface area contributed by atoms with Crippen molar-refractivity contribution in [1.29, 1.82) is 0 Å². The van der Waals surface area contributed by atoms with Gasteiger partial charge in [-0.25, -0.2) is 0 Å². The van der Waals surface area contributed by atoms with Crippen LogP contribution < -0.4 is 10.6 Å². The van der Waals surface area contributed by atoms with Crippen molar-refractivity contribution >= 4 is 50.5 Å². The number of amides is 2. The van der Waals surface area contributed by atoms with Crippen LogP contribution in [-0.4, -0.2) is 21.6 Å². The maximum Gasteiger partial charge on any atom is 0.263 e. The quantitative estimate of drug-likeness (QED) is 0.484. The van der Waals surface area contributed by atoms with Gasteiger partial charge in [-0.2, -0.15) is 5.10 Å². The third-order valence-electron chi connectivity index (χ3n) is 4.27. The van der Waals surface area contributed by atoms with Gasteiger partial charge in [0.25, 0.3) is 5.91 Å². The minimum atomic E-state index is -0.218. The highest BCUT2D eigenvalue weighted by atomic mass is 35.5. The molecular formula is C21H17ClN4O2S. The van der Waals surface area contributed by atoms with E-state index < -0.39 is 0 Å². The second kappa shape index (κ2) is 8.46. The van der Waals surface area contributed by atoms with Gasteiger partial charge in [0.05, 0.1) is 5.02 Å². The zero-order valence-corrected chi connectivity index (χ0v) is 16.8. The van der Waals surface area contributed by atoms with Gasteiger partial charge in [-0.3, -0.25) is 14.3 Å². The van der Waals surface area contributed by atoms with Crippen molar-refractivity contribution in [1.82, 2.24) is 15.1 Å². The molecule has 0 bridgehead atoms. The van der Waals surface area contributed by atoms with E-state index in [1.54, 1.807) is 29.2 Å². The van der Waals surface area contributed by atoms with Gasteiger partial charge in [-0.15, -0.1) is 11.3 Å². The van der Waals surface area contributed by atoms with Gasteiger partial charge in [-0.1, -0.05) is 41.9 Å². The van der Waals surface area contributed by atoms with E-state index >= 15 is 0 Å².